The van der Waals surface area contributed by atoms with Crippen LogP contribution >= 0.6 is 11.3 Å². The number of thiophene rings is 1. The second-order valence-corrected chi connectivity index (χ2v) is 9.51. The highest BCUT2D eigenvalue weighted by Gasteiger charge is 2.34. The number of hydrogen-bond acceptors (Lipinski definition) is 5. The first-order chi connectivity index (χ1) is 14.2. The lowest BCUT2D eigenvalue weighted by Gasteiger charge is -2.45. The van der Waals surface area contributed by atoms with E-state index < -0.39 is 0 Å². The first kappa shape index (κ1) is 19.1. The van der Waals surface area contributed by atoms with Gasteiger partial charge in [-0.05, 0) is 37.3 Å². The van der Waals surface area contributed by atoms with E-state index >= 15 is 0 Å². The van der Waals surface area contributed by atoms with Crippen LogP contribution in [0.5, 0.6) is 0 Å². The molecule has 6 heterocycles. The third-order valence-electron chi connectivity index (χ3n) is 6.48. The van der Waals surface area contributed by atoms with Gasteiger partial charge in [0.25, 0.3) is 0 Å². The summed E-state index contributed by atoms with van der Waals surface area (Å²) in [7, 11) is 0. The minimum absolute atomic E-state index is 0.0157. The van der Waals surface area contributed by atoms with E-state index in [0.717, 1.165) is 68.2 Å². The molecule has 2 bridgehead atoms. The Labute approximate surface area is 176 Å². The molecular weight excluding hydrogens is 382 g/mol. The largest absolute Gasteiger partial charge is 0.322 e. The van der Waals surface area contributed by atoms with Crippen molar-refractivity contribution in [2.45, 2.75) is 25.4 Å². The van der Waals surface area contributed by atoms with Crippen molar-refractivity contribution in [1.29, 1.82) is 0 Å². The Bertz CT molecular complexity index is 931. The van der Waals surface area contributed by atoms with Crippen molar-refractivity contribution < 1.29 is 4.79 Å². The van der Waals surface area contributed by atoms with Crippen LogP contribution in [0, 0.1) is 17.8 Å². The Morgan fingerprint density at radius 1 is 1.24 bits per heavy atom. The normalized spacial score (nSPS) is 28.6. The van der Waals surface area contributed by atoms with Gasteiger partial charge in [-0.15, -0.1) is 11.3 Å². The summed E-state index contributed by atoms with van der Waals surface area (Å²) in [5.74, 6) is 7.42. The van der Waals surface area contributed by atoms with Crippen molar-refractivity contribution in [2.75, 3.05) is 52.4 Å². The van der Waals surface area contributed by atoms with Crippen LogP contribution < -0.4 is 20.4 Å². The quantitative estimate of drug-likeness (QED) is 0.673. The minimum atomic E-state index is 0.0157. The van der Waals surface area contributed by atoms with Crippen molar-refractivity contribution in [2.24, 2.45) is 5.92 Å². The molecule has 7 heteroatoms. The van der Waals surface area contributed by atoms with Crippen LogP contribution in [0.2, 0.25) is 0 Å². The van der Waals surface area contributed by atoms with Gasteiger partial charge in [0.15, 0.2) is 0 Å². The Balaban J connectivity index is 1.22. The van der Waals surface area contributed by atoms with E-state index in [9.17, 15) is 4.79 Å². The molecule has 0 aromatic carbocycles. The van der Waals surface area contributed by atoms with Crippen LogP contribution in [-0.2, 0) is 0 Å². The minimum Gasteiger partial charge on any atom is -0.322 e. The number of piperidine rings is 3. The molecule has 5 aliphatic heterocycles. The first-order valence-electron chi connectivity index (χ1n) is 10.8. The van der Waals surface area contributed by atoms with Gasteiger partial charge < -0.3 is 10.6 Å². The second-order valence-electron chi connectivity index (χ2n) is 8.42. The van der Waals surface area contributed by atoms with Crippen LogP contribution in [0.3, 0.4) is 0 Å². The number of urea groups is 1. The summed E-state index contributed by atoms with van der Waals surface area (Å²) in [6.07, 6.45) is 8.01. The maximum atomic E-state index is 12.8. The van der Waals surface area contributed by atoms with Crippen molar-refractivity contribution in [3.63, 3.8) is 0 Å². The van der Waals surface area contributed by atoms with Crippen LogP contribution in [0.25, 0.3) is 12.3 Å². The van der Waals surface area contributed by atoms with Crippen molar-refractivity contribution in [3.05, 3.63) is 20.7 Å². The summed E-state index contributed by atoms with van der Waals surface area (Å²) in [6, 6.07) is 2.13. The van der Waals surface area contributed by atoms with Crippen LogP contribution in [-0.4, -0.2) is 79.3 Å². The fourth-order valence-corrected chi connectivity index (χ4v) is 5.67. The van der Waals surface area contributed by atoms with Gasteiger partial charge in [-0.3, -0.25) is 14.7 Å². The molecule has 2 N–H and O–H groups in total. The number of carbonyl (C=O) groups is 1. The Kier molecular flexibility index (Phi) is 5.60. The third kappa shape index (κ3) is 4.36. The van der Waals surface area contributed by atoms with E-state index in [0.29, 0.717) is 6.54 Å². The summed E-state index contributed by atoms with van der Waals surface area (Å²) < 4.78 is 1.22. The fourth-order valence-electron chi connectivity index (χ4n) is 4.73. The highest BCUT2D eigenvalue weighted by molar-refractivity contribution is 7.10. The number of hydrogen-bond donors (Lipinski definition) is 2. The average Bonchev–Trinajstić information content (AvgIpc) is 3.17. The van der Waals surface area contributed by atoms with Gasteiger partial charge in [0.1, 0.15) is 0 Å². The highest BCUT2D eigenvalue weighted by Crippen LogP contribution is 2.30. The molecule has 154 valence electrons. The molecule has 0 aliphatic carbocycles. The van der Waals surface area contributed by atoms with Gasteiger partial charge in [-0.1, -0.05) is 11.8 Å². The lowest BCUT2D eigenvalue weighted by molar-refractivity contribution is 0.0356. The lowest BCUT2D eigenvalue weighted by atomic mass is 9.86. The highest BCUT2D eigenvalue weighted by atomic mass is 32.1. The van der Waals surface area contributed by atoms with Crippen molar-refractivity contribution >= 4 is 29.6 Å². The molecule has 0 radical (unpaired) electrons. The molecule has 1 aromatic rings. The summed E-state index contributed by atoms with van der Waals surface area (Å²) >= 11 is 1.72. The number of nitrogens with zero attached hydrogens (tertiary/aromatic N) is 3. The van der Waals surface area contributed by atoms with E-state index in [1.54, 1.807) is 16.2 Å². The summed E-state index contributed by atoms with van der Waals surface area (Å²) in [6.45, 7) is 7.94. The van der Waals surface area contributed by atoms with Crippen LogP contribution in [0.1, 0.15) is 24.1 Å². The maximum absolute atomic E-state index is 12.8. The van der Waals surface area contributed by atoms with Crippen LogP contribution in [0.4, 0.5) is 4.79 Å². The molecule has 1 aromatic heterocycles. The fraction of sp³-hybridized carbons (Fsp3) is 0.591. The number of fused-ring (bicyclic) bond motifs is 4. The molecule has 2 amide bonds. The van der Waals surface area contributed by atoms with Gasteiger partial charge in [0, 0.05) is 61.8 Å². The monoisotopic (exact) mass is 411 g/mol. The van der Waals surface area contributed by atoms with Gasteiger partial charge >= 0.3 is 6.03 Å². The standard InChI is InChI=1S/C22H29N5OS/c28-22(24-21-14-17-3-9-26(21)10-4-17)27-11-5-20-18(16-27)15-19(29-20)2-1-8-25-12-6-23-7-13-25/h5,15-17,21,23H,3-4,6-14H2,(H,24,28). The molecule has 6 rings (SSSR count). The molecule has 1 unspecified atom stereocenters. The van der Waals surface area contributed by atoms with Gasteiger partial charge in [-0.2, -0.15) is 0 Å². The Morgan fingerprint density at radius 3 is 2.83 bits per heavy atom. The SMILES string of the molecule is O=C(NC1CC2CCN1CC2)N1C=c2cc(C#CCN3CCNCC3)sc2=CC1. The Morgan fingerprint density at radius 2 is 2.07 bits per heavy atom. The summed E-state index contributed by atoms with van der Waals surface area (Å²) in [5, 5.41) is 7.73. The third-order valence-corrected chi connectivity index (χ3v) is 7.54. The molecule has 0 spiro atoms. The number of carbonyl (C=O) groups excluding carboxylic acids is 1. The molecular formula is C22H29N5OS. The zero-order valence-electron chi connectivity index (χ0n) is 16.8. The number of rotatable bonds is 2. The van der Waals surface area contributed by atoms with E-state index in [-0.39, 0.29) is 12.2 Å². The van der Waals surface area contributed by atoms with Crippen LogP contribution in [0.15, 0.2) is 6.07 Å². The smallest absolute Gasteiger partial charge is 0.322 e. The predicted octanol–water partition coefficient (Wildman–Crippen LogP) is -0.00970. The molecule has 4 fully saturated rings. The molecule has 1 atom stereocenters. The molecule has 6 nitrogen and oxygen atoms in total. The number of amides is 2. The first-order valence-corrected chi connectivity index (χ1v) is 11.6. The van der Waals surface area contributed by atoms with E-state index in [1.165, 1.54) is 17.4 Å². The topological polar surface area (TPSA) is 50.9 Å². The zero-order chi connectivity index (χ0) is 19.6. The zero-order valence-corrected chi connectivity index (χ0v) is 17.6. The van der Waals surface area contributed by atoms with E-state index in [2.05, 4.69) is 44.4 Å². The summed E-state index contributed by atoms with van der Waals surface area (Å²) in [5.41, 5.74) is 0. The summed E-state index contributed by atoms with van der Waals surface area (Å²) in [4.78, 5) is 20.5. The average molecular weight is 412 g/mol. The van der Waals surface area contributed by atoms with E-state index in [4.69, 9.17) is 0 Å². The van der Waals surface area contributed by atoms with Gasteiger partial charge in [-0.25, -0.2) is 4.79 Å². The number of piperazine rings is 1. The predicted molar refractivity (Wildman–Crippen MR) is 117 cm³/mol. The molecule has 0 saturated carbocycles. The van der Waals surface area contributed by atoms with Gasteiger partial charge in [0.05, 0.1) is 17.6 Å². The second kappa shape index (κ2) is 8.49. The van der Waals surface area contributed by atoms with Crippen molar-refractivity contribution in [3.8, 4) is 11.8 Å². The van der Waals surface area contributed by atoms with E-state index in [1.807, 2.05) is 6.20 Å². The molecule has 4 saturated heterocycles. The Hall–Kier alpha value is -1.85. The maximum Gasteiger partial charge on any atom is 0.322 e. The van der Waals surface area contributed by atoms with Crippen molar-refractivity contribution in [1.82, 2.24) is 25.3 Å². The van der Waals surface area contributed by atoms with Gasteiger partial charge in [0.2, 0.25) is 0 Å². The number of nitrogens with one attached hydrogen (secondary N) is 2. The molecule has 29 heavy (non-hydrogen) atoms. The molecule has 5 aliphatic rings. The lowest BCUT2D eigenvalue weighted by Crippen LogP contribution is -2.58.